The zero-order valence-corrected chi connectivity index (χ0v) is 8.79. The smallest absolute Gasteiger partial charge is 0.0214 e. The number of allylic oxidation sites excluding steroid dienone is 3. The third-order valence-corrected chi connectivity index (χ3v) is 2.54. The van der Waals surface area contributed by atoms with Gasteiger partial charge in [0.15, 0.2) is 0 Å². The van der Waals surface area contributed by atoms with Crippen LogP contribution in [0.5, 0.6) is 0 Å². The third-order valence-electron chi connectivity index (χ3n) is 2.17. The number of hydrogen-bond donors (Lipinski definition) is 0. The van der Waals surface area contributed by atoms with Crippen LogP contribution in [-0.2, 0) is 0 Å². The Labute approximate surface area is 87.1 Å². The number of fused-ring (bicyclic) bond motifs is 1. The van der Waals surface area contributed by atoms with Crippen molar-refractivity contribution in [3.63, 3.8) is 0 Å². The van der Waals surface area contributed by atoms with E-state index in [2.05, 4.69) is 64.5 Å². The van der Waals surface area contributed by atoms with E-state index >= 15 is 0 Å². The Morgan fingerprint density at radius 2 is 2.23 bits per heavy atom. The SMILES string of the molecule is BrC/C=C/C1C=[C]c2ccccc21. The second-order valence-electron chi connectivity index (χ2n) is 3.01. The van der Waals surface area contributed by atoms with Crippen LogP contribution in [0.25, 0.3) is 0 Å². The number of benzene rings is 1. The van der Waals surface area contributed by atoms with Crippen molar-refractivity contribution in [2.24, 2.45) is 0 Å². The molecule has 1 heteroatoms. The normalized spacial score (nSPS) is 19.6. The molecular weight excluding hydrogens is 224 g/mol. The molecule has 0 amide bonds. The highest BCUT2D eigenvalue weighted by Crippen LogP contribution is 2.28. The molecule has 0 aliphatic heterocycles. The van der Waals surface area contributed by atoms with Crippen LogP contribution in [0.4, 0.5) is 0 Å². The van der Waals surface area contributed by atoms with E-state index in [1.54, 1.807) is 0 Å². The monoisotopic (exact) mass is 233 g/mol. The molecule has 0 bridgehead atoms. The first-order valence-corrected chi connectivity index (χ1v) is 5.45. The first-order chi connectivity index (χ1) is 6.42. The molecule has 1 atom stereocenters. The van der Waals surface area contributed by atoms with Crippen molar-refractivity contribution in [3.8, 4) is 0 Å². The summed E-state index contributed by atoms with van der Waals surface area (Å²) >= 11 is 3.38. The fraction of sp³-hybridized carbons (Fsp3) is 0.167. The summed E-state index contributed by atoms with van der Waals surface area (Å²) in [6.07, 6.45) is 9.71. The lowest BCUT2D eigenvalue weighted by molar-refractivity contribution is 1.11. The molecule has 0 N–H and O–H groups in total. The fourth-order valence-electron chi connectivity index (χ4n) is 1.55. The lowest BCUT2D eigenvalue weighted by Crippen LogP contribution is -1.87. The highest BCUT2D eigenvalue weighted by Gasteiger charge is 2.13. The van der Waals surface area contributed by atoms with E-state index < -0.39 is 0 Å². The summed E-state index contributed by atoms with van der Waals surface area (Å²) in [4.78, 5) is 0. The van der Waals surface area contributed by atoms with Crippen LogP contribution in [0.3, 0.4) is 0 Å². The van der Waals surface area contributed by atoms with Crippen molar-refractivity contribution in [3.05, 3.63) is 59.7 Å². The van der Waals surface area contributed by atoms with Crippen molar-refractivity contribution >= 4 is 15.9 Å². The Hall–Kier alpha value is -0.820. The van der Waals surface area contributed by atoms with Gasteiger partial charge >= 0.3 is 0 Å². The average molecular weight is 234 g/mol. The summed E-state index contributed by atoms with van der Waals surface area (Å²) in [5.41, 5.74) is 2.59. The zero-order valence-electron chi connectivity index (χ0n) is 7.20. The van der Waals surface area contributed by atoms with Crippen LogP contribution in [0.1, 0.15) is 17.0 Å². The Bertz CT molecular complexity index is 350. The molecule has 0 heterocycles. The zero-order chi connectivity index (χ0) is 9.10. The van der Waals surface area contributed by atoms with E-state index in [1.165, 1.54) is 11.1 Å². The van der Waals surface area contributed by atoms with Crippen LogP contribution in [-0.4, -0.2) is 5.33 Å². The summed E-state index contributed by atoms with van der Waals surface area (Å²) in [5, 5.41) is 0.916. The molecule has 0 saturated heterocycles. The maximum absolute atomic E-state index is 3.38. The lowest BCUT2D eigenvalue weighted by Gasteiger charge is -2.04. The van der Waals surface area contributed by atoms with E-state index in [-0.39, 0.29) is 0 Å². The molecule has 1 aliphatic rings. The van der Waals surface area contributed by atoms with E-state index in [4.69, 9.17) is 0 Å². The summed E-state index contributed by atoms with van der Waals surface area (Å²) in [6, 6.07) is 8.40. The molecule has 1 radical (unpaired) electrons. The highest BCUT2D eigenvalue weighted by molar-refractivity contribution is 9.09. The number of hydrogen-bond acceptors (Lipinski definition) is 0. The molecule has 65 valence electrons. The molecule has 0 nitrogen and oxygen atoms in total. The van der Waals surface area contributed by atoms with Gasteiger partial charge in [-0.05, 0) is 17.2 Å². The summed E-state index contributed by atoms with van der Waals surface area (Å²) < 4.78 is 0. The Balaban J connectivity index is 2.28. The van der Waals surface area contributed by atoms with Crippen molar-refractivity contribution < 1.29 is 0 Å². The van der Waals surface area contributed by atoms with E-state index in [0.29, 0.717) is 5.92 Å². The molecule has 0 fully saturated rings. The summed E-state index contributed by atoms with van der Waals surface area (Å²) in [7, 11) is 0. The van der Waals surface area contributed by atoms with Gasteiger partial charge in [-0.2, -0.15) is 0 Å². The predicted octanol–water partition coefficient (Wildman–Crippen LogP) is 3.44. The van der Waals surface area contributed by atoms with Gasteiger partial charge < -0.3 is 0 Å². The molecule has 1 unspecified atom stereocenters. The van der Waals surface area contributed by atoms with Crippen molar-refractivity contribution in [1.29, 1.82) is 0 Å². The number of rotatable bonds is 2. The minimum Gasteiger partial charge on any atom is -0.0883 e. The minimum absolute atomic E-state index is 0.425. The maximum atomic E-state index is 3.38. The molecule has 0 saturated carbocycles. The van der Waals surface area contributed by atoms with Gasteiger partial charge in [0.1, 0.15) is 0 Å². The molecule has 13 heavy (non-hydrogen) atoms. The predicted molar refractivity (Wildman–Crippen MR) is 59.0 cm³/mol. The summed E-state index contributed by atoms with van der Waals surface area (Å²) in [6.45, 7) is 0. The molecule has 1 aromatic carbocycles. The third kappa shape index (κ3) is 1.75. The van der Waals surface area contributed by atoms with E-state index in [1.807, 2.05) is 0 Å². The quantitative estimate of drug-likeness (QED) is 0.543. The molecule has 0 aromatic heterocycles. The first-order valence-electron chi connectivity index (χ1n) is 4.33. The van der Waals surface area contributed by atoms with Crippen LogP contribution < -0.4 is 0 Å². The van der Waals surface area contributed by atoms with Crippen molar-refractivity contribution in [1.82, 2.24) is 0 Å². The van der Waals surface area contributed by atoms with Crippen molar-refractivity contribution in [2.45, 2.75) is 5.92 Å². The van der Waals surface area contributed by atoms with Gasteiger partial charge in [-0.15, -0.1) is 0 Å². The van der Waals surface area contributed by atoms with Gasteiger partial charge in [-0.1, -0.05) is 58.4 Å². The summed E-state index contributed by atoms with van der Waals surface area (Å²) in [5.74, 6) is 0.425. The Kier molecular flexibility index (Phi) is 2.65. The molecule has 1 aliphatic carbocycles. The Morgan fingerprint density at radius 1 is 1.38 bits per heavy atom. The van der Waals surface area contributed by atoms with Crippen LogP contribution >= 0.6 is 15.9 Å². The minimum atomic E-state index is 0.425. The second-order valence-corrected chi connectivity index (χ2v) is 3.65. The molecule has 2 rings (SSSR count). The van der Waals surface area contributed by atoms with Gasteiger partial charge in [0.25, 0.3) is 0 Å². The van der Waals surface area contributed by atoms with Crippen LogP contribution in [0.2, 0.25) is 0 Å². The topological polar surface area (TPSA) is 0 Å². The molecular formula is C12H10Br. The molecule has 1 aromatic rings. The van der Waals surface area contributed by atoms with Gasteiger partial charge in [0, 0.05) is 11.2 Å². The lowest BCUT2D eigenvalue weighted by atomic mass is 10.0. The van der Waals surface area contributed by atoms with Gasteiger partial charge in [-0.3, -0.25) is 0 Å². The second kappa shape index (κ2) is 3.93. The molecule has 0 spiro atoms. The van der Waals surface area contributed by atoms with Crippen LogP contribution in [0.15, 0.2) is 42.5 Å². The van der Waals surface area contributed by atoms with Crippen molar-refractivity contribution in [2.75, 3.05) is 5.33 Å². The van der Waals surface area contributed by atoms with E-state index in [9.17, 15) is 0 Å². The van der Waals surface area contributed by atoms with E-state index in [0.717, 1.165) is 5.33 Å². The largest absolute Gasteiger partial charge is 0.0883 e. The van der Waals surface area contributed by atoms with Crippen LogP contribution in [0, 0.1) is 6.08 Å². The van der Waals surface area contributed by atoms with Gasteiger partial charge in [0.05, 0.1) is 0 Å². The fourth-order valence-corrected chi connectivity index (χ4v) is 1.76. The standard InChI is InChI=1S/C12H10Br/c13-9-3-5-11-8-7-10-4-1-2-6-12(10)11/h1-6,8,11H,9H2/b5-3+. The Morgan fingerprint density at radius 3 is 3.08 bits per heavy atom. The van der Waals surface area contributed by atoms with Gasteiger partial charge in [-0.25, -0.2) is 0 Å². The first kappa shape index (κ1) is 8.76. The van der Waals surface area contributed by atoms with Gasteiger partial charge in [0.2, 0.25) is 0 Å². The number of alkyl halides is 1. The maximum Gasteiger partial charge on any atom is 0.0214 e. The number of halogens is 1. The average Bonchev–Trinajstić information content (AvgIpc) is 2.58. The highest BCUT2D eigenvalue weighted by atomic mass is 79.9.